The molecule has 0 atom stereocenters. The van der Waals surface area contributed by atoms with Crippen LogP contribution in [0.15, 0.2) is 23.3 Å². The number of carbonyl (C=O) groups is 1. The lowest BCUT2D eigenvalue weighted by Crippen LogP contribution is -2.38. The smallest absolute Gasteiger partial charge is 0.332 e. The molecule has 3 N–H and O–H groups in total. The molecule has 0 radical (unpaired) electrons. The molecule has 0 saturated carbocycles. The Hall–Kier alpha value is -2.32. The molecule has 1 aromatic carbocycles. The maximum atomic E-state index is 10.6. The first-order chi connectivity index (χ1) is 11.7. The summed E-state index contributed by atoms with van der Waals surface area (Å²) in [6.45, 7) is 7.29. The van der Waals surface area contributed by atoms with E-state index in [4.69, 9.17) is 19.9 Å². The van der Waals surface area contributed by atoms with Crippen molar-refractivity contribution >= 4 is 12.2 Å². The fourth-order valence-electron chi connectivity index (χ4n) is 2.27. The molecule has 1 aliphatic rings. The molecule has 2 rings (SSSR count). The van der Waals surface area contributed by atoms with Crippen LogP contribution in [0, 0.1) is 0 Å². The van der Waals surface area contributed by atoms with E-state index in [1.54, 1.807) is 6.07 Å². The van der Waals surface area contributed by atoms with E-state index in [1.165, 1.54) is 6.21 Å². The molecule has 2 amide bonds. The number of nitrogens with zero attached hydrogens (tertiary/aromatic N) is 2. The van der Waals surface area contributed by atoms with E-state index in [-0.39, 0.29) is 0 Å². The Balaban J connectivity index is 1.92. The first kappa shape index (κ1) is 18.0. The fraction of sp³-hybridized carbons (Fsp3) is 0.500. The Kier molecular flexibility index (Phi) is 7.31. The molecular weight excluding hydrogens is 312 g/mol. The van der Waals surface area contributed by atoms with Crippen molar-refractivity contribution in [2.45, 2.75) is 6.92 Å². The summed E-state index contributed by atoms with van der Waals surface area (Å²) in [5.41, 5.74) is 7.88. The van der Waals surface area contributed by atoms with Crippen LogP contribution in [0.2, 0.25) is 0 Å². The molecular formula is C16H24N4O4. The summed E-state index contributed by atoms with van der Waals surface area (Å²) in [5, 5.41) is 3.73. The second-order valence-corrected chi connectivity index (χ2v) is 5.18. The van der Waals surface area contributed by atoms with Crippen molar-refractivity contribution < 1.29 is 19.0 Å². The number of hydrogen-bond donors (Lipinski definition) is 2. The standard InChI is InChI=1S/C16H24N4O4/c1-2-23-15-11-13(12-18-19-16(17)21)3-4-14(15)24-10-7-20-5-8-22-9-6-20/h3-4,11-12H,2,5-10H2,1H3,(H3,17,19,21). The molecule has 24 heavy (non-hydrogen) atoms. The molecule has 1 fully saturated rings. The Bertz CT molecular complexity index is 559. The maximum Gasteiger partial charge on any atom is 0.332 e. The number of urea groups is 1. The molecule has 132 valence electrons. The van der Waals surface area contributed by atoms with Gasteiger partial charge in [0, 0.05) is 19.6 Å². The van der Waals surface area contributed by atoms with Crippen LogP contribution in [-0.4, -0.2) is 63.2 Å². The highest BCUT2D eigenvalue weighted by Gasteiger charge is 2.11. The number of ether oxygens (including phenoxy) is 3. The van der Waals surface area contributed by atoms with E-state index in [0.717, 1.165) is 38.4 Å². The average Bonchev–Trinajstić information content (AvgIpc) is 2.57. The zero-order chi connectivity index (χ0) is 17.2. The maximum absolute atomic E-state index is 10.6. The molecule has 0 aromatic heterocycles. The Morgan fingerprint density at radius 2 is 2.17 bits per heavy atom. The minimum absolute atomic E-state index is 0.528. The van der Waals surface area contributed by atoms with Gasteiger partial charge >= 0.3 is 6.03 Å². The Morgan fingerprint density at radius 3 is 2.88 bits per heavy atom. The highest BCUT2D eigenvalue weighted by atomic mass is 16.5. The van der Waals surface area contributed by atoms with E-state index >= 15 is 0 Å². The summed E-state index contributed by atoms with van der Waals surface area (Å²) < 4.78 is 16.8. The van der Waals surface area contributed by atoms with Gasteiger partial charge in [-0.25, -0.2) is 10.2 Å². The van der Waals surface area contributed by atoms with Gasteiger partial charge < -0.3 is 19.9 Å². The lowest BCUT2D eigenvalue weighted by atomic mass is 10.2. The van der Waals surface area contributed by atoms with Gasteiger partial charge in [0.05, 0.1) is 26.0 Å². The minimum atomic E-state index is -0.709. The quantitative estimate of drug-likeness (QED) is 0.540. The number of nitrogens with two attached hydrogens (primary N) is 1. The summed E-state index contributed by atoms with van der Waals surface area (Å²) in [6.07, 6.45) is 1.49. The number of benzene rings is 1. The van der Waals surface area contributed by atoms with Crippen LogP contribution in [0.25, 0.3) is 0 Å². The second-order valence-electron chi connectivity index (χ2n) is 5.18. The summed E-state index contributed by atoms with van der Waals surface area (Å²) in [6, 6.07) is 4.76. The van der Waals surface area contributed by atoms with E-state index in [2.05, 4.69) is 15.4 Å². The van der Waals surface area contributed by atoms with E-state index in [1.807, 2.05) is 19.1 Å². The van der Waals surface area contributed by atoms with Crippen molar-refractivity contribution in [2.75, 3.05) is 46.1 Å². The lowest BCUT2D eigenvalue weighted by molar-refractivity contribution is 0.0321. The zero-order valence-corrected chi connectivity index (χ0v) is 13.9. The molecule has 0 unspecified atom stereocenters. The van der Waals surface area contributed by atoms with Gasteiger partial charge in [0.15, 0.2) is 11.5 Å². The first-order valence-corrected chi connectivity index (χ1v) is 7.97. The zero-order valence-electron chi connectivity index (χ0n) is 13.9. The summed E-state index contributed by atoms with van der Waals surface area (Å²) in [7, 11) is 0. The van der Waals surface area contributed by atoms with Gasteiger partial charge in [0.2, 0.25) is 0 Å². The molecule has 1 aromatic rings. The van der Waals surface area contributed by atoms with Crippen LogP contribution in [0.1, 0.15) is 12.5 Å². The van der Waals surface area contributed by atoms with Crippen molar-refractivity contribution in [3.63, 3.8) is 0 Å². The molecule has 1 aliphatic heterocycles. The number of hydrazone groups is 1. The highest BCUT2D eigenvalue weighted by Crippen LogP contribution is 2.28. The Labute approximate surface area is 141 Å². The van der Waals surface area contributed by atoms with Gasteiger partial charge in [0.25, 0.3) is 0 Å². The number of nitrogens with one attached hydrogen (secondary N) is 1. The fourth-order valence-corrected chi connectivity index (χ4v) is 2.27. The van der Waals surface area contributed by atoms with Crippen LogP contribution >= 0.6 is 0 Å². The van der Waals surface area contributed by atoms with Crippen molar-refractivity contribution in [2.24, 2.45) is 10.8 Å². The van der Waals surface area contributed by atoms with Crippen molar-refractivity contribution in [3.05, 3.63) is 23.8 Å². The predicted molar refractivity (Wildman–Crippen MR) is 90.7 cm³/mol. The summed E-state index contributed by atoms with van der Waals surface area (Å²) in [4.78, 5) is 12.9. The summed E-state index contributed by atoms with van der Waals surface area (Å²) in [5.74, 6) is 1.33. The number of amides is 2. The molecule has 8 nitrogen and oxygen atoms in total. The molecule has 1 saturated heterocycles. The normalized spacial score (nSPS) is 15.4. The third-order valence-corrected chi connectivity index (χ3v) is 3.42. The van der Waals surface area contributed by atoms with Gasteiger partial charge in [0.1, 0.15) is 6.61 Å². The van der Waals surface area contributed by atoms with Crippen molar-refractivity contribution in [1.29, 1.82) is 0 Å². The SMILES string of the molecule is CCOc1cc(C=NNC(N)=O)ccc1OCCN1CCOCC1. The number of primary amides is 1. The molecule has 0 aliphatic carbocycles. The molecule has 0 bridgehead atoms. The van der Waals surface area contributed by atoms with Crippen LogP contribution in [-0.2, 0) is 4.74 Å². The highest BCUT2D eigenvalue weighted by molar-refractivity contribution is 5.82. The number of carbonyl (C=O) groups excluding carboxylic acids is 1. The van der Waals surface area contributed by atoms with Crippen molar-refractivity contribution in [1.82, 2.24) is 10.3 Å². The third-order valence-electron chi connectivity index (χ3n) is 3.42. The summed E-state index contributed by atoms with van der Waals surface area (Å²) >= 11 is 0. The Morgan fingerprint density at radius 1 is 1.38 bits per heavy atom. The van der Waals surface area contributed by atoms with Gasteiger partial charge in [-0.2, -0.15) is 5.10 Å². The van der Waals surface area contributed by atoms with Crippen LogP contribution < -0.4 is 20.6 Å². The number of morpholine rings is 1. The van der Waals surface area contributed by atoms with Crippen LogP contribution in [0.3, 0.4) is 0 Å². The molecule has 1 heterocycles. The second kappa shape index (κ2) is 9.74. The van der Waals surface area contributed by atoms with E-state index in [9.17, 15) is 4.79 Å². The van der Waals surface area contributed by atoms with Gasteiger partial charge in [-0.1, -0.05) is 0 Å². The van der Waals surface area contributed by atoms with Gasteiger partial charge in [-0.15, -0.1) is 0 Å². The minimum Gasteiger partial charge on any atom is -0.490 e. The van der Waals surface area contributed by atoms with Gasteiger partial charge in [-0.3, -0.25) is 4.90 Å². The number of hydrogen-bond acceptors (Lipinski definition) is 6. The topological polar surface area (TPSA) is 98.4 Å². The predicted octanol–water partition coefficient (Wildman–Crippen LogP) is 0.799. The van der Waals surface area contributed by atoms with Gasteiger partial charge in [-0.05, 0) is 30.7 Å². The average molecular weight is 336 g/mol. The largest absolute Gasteiger partial charge is 0.490 e. The van der Waals surface area contributed by atoms with Crippen molar-refractivity contribution in [3.8, 4) is 11.5 Å². The van der Waals surface area contributed by atoms with Crippen LogP contribution in [0.5, 0.6) is 11.5 Å². The van der Waals surface area contributed by atoms with E-state index in [0.29, 0.717) is 24.7 Å². The third kappa shape index (κ3) is 6.05. The lowest BCUT2D eigenvalue weighted by Gasteiger charge is -2.26. The molecule has 8 heteroatoms. The molecule has 0 spiro atoms. The van der Waals surface area contributed by atoms with E-state index < -0.39 is 6.03 Å². The number of rotatable bonds is 8. The monoisotopic (exact) mass is 336 g/mol. The first-order valence-electron chi connectivity index (χ1n) is 7.97. The van der Waals surface area contributed by atoms with Crippen LogP contribution in [0.4, 0.5) is 4.79 Å².